The zero-order chi connectivity index (χ0) is 22.5. The number of aromatic nitrogens is 3. The van der Waals surface area contributed by atoms with Crippen LogP contribution in [0.2, 0.25) is 0 Å². The highest BCUT2D eigenvalue weighted by molar-refractivity contribution is 6.09. The second kappa shape index (κ2) is 7.45. The maximum Gasteiger partial charge on any atom is 0.248 e. The minimum atomic E-state index is 0.520. The Morgan fingerprint density at radius 3 is 1.91 bits per heavy atom. The number of hydrogen-bond donors (Lipinski definition) is 0. The van der Waals surface area contributed by atoms with Crippen molar-refractivity contribution < 1.29 is 4.42 Å². The average molecular weight is 430 g/mol. The molecule has 0 unspecified atom stereocenters. The van der Waals surface area contributed by atoms with Gasteiger partial charge in [-0.3, -0.25) is 0 Å². The van der Waals surface area contributed by atoms with E-state index in [0.29, 0.717) is 11.8 Å². The van der Waals surface area contributed by atoms with Gasteiger partial charge in [0.1, 0.15) is 0 Å². The summed E-state index contributed by atoms with van der Waals surface area (Å²) in [6.07, 6.45) is 0. The molecule has 160 valence electrons. The van der Waals surface area contributed by atoms with Gasteiger partial charge in [-0.25, -0.2) is 0 Å². The first-order chi connectivity index (χ1) is 16.1. The molecule has 4 aromatic carbocycles. The normalized spacial score (nSPS) is 11.5. The summed E-state index contributed by atoms with van der Waals surface area (Å²) in [5.74, 6) is 1.08. The maximum atomic E-state index is 6.17. The summed E-state index contributed by atoms with van der Waals surface area (Å²) >= 11 is 0. The third-order valence-corrected chi connectivity index (χ3v) is 6.25. The molecule has 2 aromatic heterocycles. The molecule has 0 spiro atoms. The van der Waals surface area contributed by atoms with Crippen LogP contribution in [-0.4, -0.2) is 14.8 Å². The molecule has 6 aromatic rings. The Balaban J connectivity index is 1.49. The third kappa shape index (κ3) is 3.14. The van der Waals surface area contributed by atoms with E-state index < -0.39 is 0 Å². The van der Waals surface area contributed by atoms with Crippen LogP contribution in [0.15, 0.2) is 89.3 Å². The van der Waals surface area contributed by atoms with Crippen LogP contribution < -0.4 is 0 Å². The van der Waals surface area contributed by atoms with Crippen molar-refractivity contribution in [3.05, 3.63) is 102 Å². The first-order valence-electron chi connectivity index (χ1n) is 11.1. The van der Waals surface area contributed by atoms with Crippen molar-refractivity contribution in [1.82, 2.24) is 14.8 Å². The predicted molar refractivity (Wildman–Crippen MR) is 134 cm³/mol. The maximum absolute atomic E-state index is 6.17. The first-order valence-corrected chi connectivity index (χ1v) is 11.1. The van der Waals surface area contributed by atoms with Gasteiger partial charge in [-0.05, 0) is 62.2 Å². The topological polar surface area (TPSA) is 43.9 Å². The zero-order valence-corrected chi connectivity index (χ0v) is 18.8. The van der Waals surface area contributed by atoms with Gasteiger partial charge in [0.15, 0.2) is 0 Å². The SMILES string of the molecule is Cc1cc(C)c(-c2nnc(-c3cccc(-n4c5ccccc5c5ccccc54)c3)o2)c(C)c1. The third-order valence-electron chi connectivity index (χ3n) is 6.25. The largest absolute Gasteiger partial charge is 0.416 e. The molecule has 0 amide bonds. The lowest BCUT2D eigenvalue weighted by Gasteiger charge is -2.09. The number of rotatable bonds is 3. The van der Waals surface area contributed by atoms with E-state index in [1.165, 1.54) is 27.4 Å². The Morgan fingerprint density at radius 2 is 1.24 bits per heavy atom. The minimum Gasteiger partial charge on any atom is -0.416 e. The fourth-order valence-corrected chi connectivity index (χ4v) is 4.94. The van der Waals surface area contributed by atoms with Crippen LogP contribution in [0.3, 0.4) is 0 Å². The Bertz CT molecular complexity index is 1580. The van der Waals surface area contributed by atoms with Crippen molar-refractivity contribution in [2.45, 2.75) is 20.8 Å². The van der Waals surface area contributed by atoms with Crippen LogP contribution in [0.5, 0.6) is 0 Å². The quantitative estimate of drug-likeness (QED) is 0.294. The van der Waals surface area contributed by atoms with Crippen molar-refractivity contribution in [3.8, 4) is 28.6 Å². The van der Waals surface area contributed by atoms with Crippen LogP contribution in [0.1, 0.15) is 16.7 Å². The Hall–Kier alpha value is -4.18. The number of aryl methyl sites for hydroxylation is 3. The smallest absolute Gasteiger partial charge is 0.248 e. The van der Waals surface area contributed by atoms with Gasteiger partial charge >= 0.3 is 0 Å². The van der Waals surface area contributed by atoms with Crippen molar-refractivity contribution in [2.24, 2.45) is 0 Å². The summed E-state index contributed by atoms with van der Waals surface area (Å²) < 4.78 is 8.46. The number of hydrogen-bond acceptors (Lipinski definition) is 3. The number of fused-ring (bicyclic) bond motifs is 3. The summed E-state index contributed by atoms with van der Waals surface area (Å²) in [6, 6.07) is 29.6. The molecule has 0 bridgehead atoms. The molecular formula is C29H23N3O. The highest BCUT2D eigenvalue weighted by atomic mass is 16.4. The molecular weight excluding hydrogens is 406 g/mol. The Morgan fingerprint density at radius 1 is 0.636 bits per heavy atom. The lowest BCUT2D eigenvalue weighted by Crippen LogP contribution is -1.94. The van der Waals surface area contributed by atoms with Crippen molar-refractivity contribution >= 4 is 21.8 Å². The van der Waals surface area contributed by atoms with E-state index in [1.54, 1.807) is 0 Å². The molecule has 0 aliphatic rings. The fraction of sp³-hybridized carbons (Fsp3) is 0.103. The van der Waals surface area contributed by atoms with Crippen LogP contribution in [-0.2, 0) is 0 Å². The molecule has 6 rings (SSSR count). The van der Waals surface area contributed by atoms with Gasteiger partial charge in [-0.2, -0.15) is 0 Å². The molecule has 0 radical (unpaired) electrons. The highest BCUT2D eigenvalue weighted by Gasteiger charge is 2.17. The van der Waals surface area contributed by atoms with Gasteiger partial charge < -0.3 is 8.98 Å². The van der Waals surface area contributed by atoms with E-state index in [4.69, 9.17) is 4.42 Å². The van der Waals surface area contributed by atoms with E-state index in [-0.39, 0.29) is 0 Å². The Labute approximate surface area is 192 Å². The summed E-state index contributed by atoms with van der Waals surface area (Å²) in [5, 5.41) is 11.3. The molecule has 0 atom stereocenters. The van der Waals surface area contributed by atoms with Gasteiger partial charge in [-0.1, -0.05) is 60.2 Å². The lowest BCUT2D eigenvalue weighted by molar-refractivity contribution is 0.583. The molecule has 0 aliphatic carbocycles. The number of benzene rings is 4. The second-order valence-electron chi connectivity index (χ2n) is 8.61. The van der Waals surface area contributed by atoms with E-state index in [1.807, 2.05) is 12.1 Å². The minimum absolute atomic E-state index is 0.520. The van der Waals surface area contributed by atoms with Gasteiger partial charge in [0, 0.05) is 27.6 Å². The zero-order valence-electron chi connectivity index (χ0n) is 18.8. The predicted octanol–water partition coefficient (Wildman–Crippen LogP) is 7.43. The summed E-state index contributed by atoms with van der Waals surface area (Å²) in [6.45, 7) is 6.27. The van der Waals surface area contributed by atoms with E-state index >= 15 is 0 Å². The molecule has 2 heterocycles. The summed E-state index contributed by atoms with van der Waals surface area (Å²) in [7, 11) is 0. The molecule has 0 fully saturated rings. The van der Waals surface area contributed by atoms with Gasteiger partial charge in [0.2, 0.25) is 11.8 Å². The number of para-hydroxylation sites is 2. The average Bonchev–Trinajstić information content (AvgIpc) is 3.42. The van der Waals surface area contributed by atoms with Crippen molar-refractivity contribution in [3.63, 3.8) is 0 Å². The van der Waals surface area contributed by atoms with Crippen molar-refractivity contribution in [2.75, 3.05) is 0 Å². The molecule has 4 heteroatoms. The van der Waals surface area contributed by atoms with Gasteiger partial charge in [0.25, 0.3) is 0 Å². The lowest BCUT2D eigenvalue weighted by atomic mass is 10.00. The fourth-order valence-electron chi connectivity index (χ4n) is 4.94. The van der Waals surface area contributed by atoms with Crippen LogP contribution in [0, 0.1) is 20.8 Å². The van der Waals surface area contributed by atoms with E-state index in [0.717, 1.165) is 27.9 Å². The molecule has 0 saturated carbocycles. The molecule has 33 heavy (non-hydrogen) atoms. The molecule has 4 nitrogen and oxygen atoms in total. The van der Waals surface area contributed by atoms with Crippen LogP contribution in [0.25, 0.3) is 50.4 Å². The first kappa shape index (κ1) is 19.5. The standard InChI is InChI=1S/C29H23N3O/c1-18-15-19(2)27(20(3)16-18)29-31-30-28(33-29)21-9-8-10-22(17-21)32-25-13-6-4-11-23(25)24-12-5-7-14-26(24)32/h4-17H,1-3H3. The summed E-state index contributed by atoms with van der Waals surface area (Å²) in [5.41, 5.74) is 8.83. The Kier molecular flexibility index (Phi) is 4.40. The molecule has 0 saturated heterocycles. The van der Waals surface area contributed by atoms with Gasteiger partial charge in [-0.15, -0.1) is 10.2 Å². The monoisotopic (exact) mass is 429 g/mol. The van der Waals surface area contributed by atoms with E-state index in [9.17, 15) is 0 Å². The van der Waals surface area contributed by atoms with Gasteiger partial charge in [0.05, 0.1) is 11.0 Å². The number of nitrogens with zero attached hydrogens (tertiary/aromatic N) is 3. The summed E-state index contributed by atoms with van der Waals surface area (Å²) in [4.78, 5) is 0. The second-order valence-corrected chi connectivity index (χ2v) is 8.61. The van der Waals surface area contributed by atoms with Crippen LogP contribution >= 0.6 is 0 Å². The van der Waals surface area contributed by atoms with Crippen molar-refractivity contribution in [1.29, 1.82) is 0 Å². The van der Waals surface area contributed by atoms with Crippen LogP contribution in [0.4, 0.5) is 0 Å². The van der Waals surface area contributed by atoms with E-state index in [2.05, 4.69) is 108 Å². The highest BCUT2D eigenvalue weighted by Crippen LogP contribution is 2.34. The molecule has 0 N–H and O–H groups in total. The molecule has 0 aliphatic heterocycles.